The summed E-state index contributed by atoms with van der Waals surface area (Å²) in [6, 6.07) is -0.517. The second kappa shape index (κ2) is 3.82. The highest BCUT2D eigenvalue weighted by atomic mass is 16.2. The summed E-state index contributed by atoms with van der Waals surface area (Å²) >= 11 is 0. The molecule has 0 aromatic heterocycles. The van der Waals surface area contributed by atoms with Crippen molar-refractivity contribution in [1.29, 1.82) is 0 Å². The van der Waals surface area contributed by atoms with Gasteiger partial charge in [0.2, 0.25) is 17.7 Å². The van der Waals surface area contributed by atoms with Crippen LogP contribution in [-0.4, -0.2) is 23.8 Å². The maximum atomic E-state index is 11.9. The molecule has 3 aliphatic rings. The zero-order valence-electron chi connectivity index (χ0n) is 9.57. The molecule has 5 nitrogen and oxygen atoms in total. The van der Waals surface area contributed by atoms with Crippen molar-refractivity contribution in [2.75, 3.05) is 0 Å². The Labute approximate surface area is 99.3 Å². The molecule has 92 valence electrons. The summed E-state index contributed by atoms with van der Waals surface area (Å²) in [5.41, 5.74) is 0. The minimum absolute atomic E-state index is 0.00769. The van der Waals surface area contributed by atoms with Gasteiger partial charge in [-0.1, -0.05) is 0 Å². The van der Waals surface area contributed by atoms with Gasteiger partial charge in [-0.05, 0) is 37.5 Å². The Morgan fingerprint density at radius 2 is 1.88 bits per heavy atom. The topological polar surface area (TPSA) is 75.3 Å². The van der Waals surface area contributed by atoms with E-state index >= 15 is 0 Å². The van der Waals surface area contributed by atoms with E-state index in [4.69, 9.17) is 0 Å². The average molecular weight is 236 g/mol. The molecule has 0 radical (unpaired) electrons. The number of rotatable bonds is 2. The van der Waals surface area contributed by atoms with E-state index in [1.165, 1.54) is 6.42 Å². The fourth-order valence-electron chi connectivity index (χ4n) is 3.05. The van der Waals surface area contributed by atoms with Crippen LogP contribution in [-0.2, 0) is 14.4 Å². The Bertz CT molecular complexity index is 383. The molecule has 3 atom stereocenters. The molecule has 0 aromatic rings. The molecular weight excluding hydrogens is 220 g/mol. The highest BCUT2D eigenvalue weighted by Gasteiger charge is 2.48. The Balaban J connectivity index is 1.54. The highest BCUT2D eigenvalue weighted by molar-refractivity contribution is 6.01. The van der Waals surface area contributed by atoms with Gasteiger partial charge in [0.1, 0.15) is 6.04 Å². The summed E-state index contributed by atoms with van der Waals surface area (Å²) in [4.78, 5) is 34.4. The number of amides is 3. The molecule has 5 heteroatoms. The maximum absolute atomic E-state index is 11.9. The number of imide groups is 1. The van der Waals surface area contributed by atoms with Gasteiger partial charge in [-0.25, -0.2) is 0 Å². The molecule has 0 aromatic carbocycles. The van der Waals surface area contributed by atoms with Crippen molar-refractivity contribution in [2.45, 2.75) is 38.1 Å². The van der Waals surface area contributed by atoms with E-state index < -0.39 is 6.04 Å². The lowest BCUT2D eigenvalue weighted by Gasteiger charge is -2.23. The SMILES string of the molecule is O=C1CCC(NC(=O)C2CC3CC3C2)C(=O)N1. The van der Waals surface area contributed by atoms with E-state index in [2.05, 4.69) is 10.6 Å². The number of carbonyl (C=O) groups is 3. The van der Waals surface area contributed by atoms with E-state index in [0.29, 0.717) is 12.8 Å². The van der Waals surface area contributed by atoms with Crippen molar-refractivity contribution in [3.05, 3.63) is 0 Å². The van der Waals surface area contributed by atoms with E-state index in [1.807, 2.05) is 0 Å². The molecule has 1 heterocycles. The van der Waals surface area contributed by atoms with Crippen LogP contribution in [0.5, 0.6) is 0 Å². The lowest BCUT2D eigenvalue weighted by atomic mass is 10.0. The number of hydrogen-bond donors (Lipinski definition) is 2. The molecule has 1 saturated heterocycles. The van der Waals surface area contributed by atoms with Crippen molar-refractivity contribution in [3.8, 4) is 0 Å². The molecule has 1 aliphatic heterocycles. The monoisotopic (exact) mass is 236 g/mol. The van der Waals surface area contributed by atoms with Gasteiger partial charge >= 0.3 is 0 Å². The van der Waals surface area contributed by atoms with Crippen LogP contribution in [0.15, 0.2) is 0 Å². The summed E-state index contributed by atoms with van der Waals surface area (Å²) in [5.74, 6) is 0.983. The third-order valence-corrected chi connectivity index (χ3v) is 4.17. The zero-order valence-corrected chi connectivity index (χ0v) is 9.57. The van der Waals surface area contributed by atoms with Gasteiger partial charge in [0.25, 0.3) is 0 Å². The Kier molecular flexibility index (Phi) is 2.42. The summed E-state index contributed by atoms with van der Waals surface area (Å²) in [6.45, 7) is 0. The zero-order chi connectivity index (χ0) is 12.0. The van der Waals surface area contributed by atoms with E-state index in [0.717, 1.165) is 24.7 Å². The normalized spacial score (nSPS) is 39.5. The minimum atomic E-state index is -0.517. The number of nitrogens with one attached hydrogen (secondary N) is 2. The van der Waals surface area contributed by atoms with Gasteiger partial charge in [-0.3, -0.25) is 19.7 Å². The molecule has 2 N–H and O–H groups in total. The molecule has 3 rings (SSSR count). The first-order valence-corrected chi connectivity index (χ1v) is 6.27. The molecular formula is C12H16N2O3. The molecule has 17 heavy (non-hydrogen) atoms. The predicted octanol–water partition coefficient (Wildman–Crippen LogP) is -0.0461. The van der Waals surface area contributed by atoms with Gasteiger partial charge in [0.15, 0.2) is 0 Å². The van der Waals surface area contributed by atoms with Crippen molar-refractivity contribution in [1.82, 2.24) is 10.6 Å². The van der Waals surface area contributed by atoms with Gasteiger partial charge in [0.05, 0.1) is 0 Å². The van der Waals surface area contributed by atoms with Gasteiger partial charge in [-0.2, -0.15) is 0 Å². The quantitative estimate of drug-likeness (QED) is 0.660. The summed E-state index contributed by atoms with van der Waals surface area (Å²) in [6.07, 6.45) is 3.97. The second-order valence-corrected chi connectivity index (χ2v) is 5.44. The van der Waals surface area contributed by atoms with Crippen LogP contribution >= 0.6 is 0 Å². The number of hydrogen-bond acceptors (Lipinski definition) is 3. The van der Waals surface area contributed by atoms with Crippen molar-refractivity contribution < 1.29 is 14.4 Å². The first-order chi connectivity index (χ1) is 8.13. The third-order valence-electron chi connectivity index (χ3n) is 4.17. The van der Waals surface area contributed by atoms with Gasteiger partial charge in [0, 0.05) is 12.3 Å². The summed E-state index contributed by atoms with van der Waals surface area (Å²) in [5, 5.41) is 5.02. The van der Waals surface area contributed by atoms with Crippen molar-refractivity contribution >= 4 is 17.7 Å². The molecule has 3 fully saturated rings. The Hall–Kier alpha value is -1.39. The Morgan fingerprint density at radius 1 is 1.18 bits per heavy atom. The number of fused-ring (bicyclic) bond motifs is 1. The van der Waals surface area contributed by atoms with Crippen LogP contribution in [0.4, 0.5) is 0 Å². The van der Waals surface area contributed by atoms with Crippen LogP contribution in [0, 0.1) is 17.8 Å². The van der Waals surface area contributed by atoms with E-state index in [9.17, 15) is 14.4 Å². The third kappa shape index (κ3) is 2.06. The van der Waals surface area contributed by atoms with Gasteiger partial charge in [-0.15, -0.1) is 0 Å². The first kappa shape index (κ1) is 10.7. The minimum Gasteiger partial charge on any atom is -0.344 e. The molecule has 0 spiro atoms. The largest absolute Gasteiger partial charge is 0.344 e. The van der Waals surface area contributed by atoms with Crippen LogP contribution in [0.2, 0.25) is 0 Å². The lowest BCUT2D eigenvalue weighted by molar-refractivity contribution is -0.138. The lowest BCUT2D eigenvalue weighted by Crippen LogP contribution is -2.53. The van der Waals surface area contributed by atoms with Crippen molar-refractivity contribution in [3.63, 3.8) is 0 Å². The number of carbonyl (C=O) groups excluding carboxylic acids is 3. The molecule has 2 aliphatic carbocycles. The predicted molar refractivity (Wildman–Crippen MR) is 58.6 cm³/mol. The molecule has 2 saturated carbocycles. The van der Waals surface area contributed by atoms with Crippen LogP contribution in [0.1, 0.15) is 32.1 Å². The Morgan fingerprint density at radius 3 is 2.53 bits per heavy atom. The van der Waals surface area contributed by atoms with Crippen LogP contribution in [0.25, 0.3) is 0 Å². The molecule has 3 amide bonds. The summed E-state index contributed by atoms with van der Waals surface area (Å²) in [7, 11) is 0. The molecule has 3 unspecified atom stereocenters. The second-order valence-electron chi connectivity index (χ2n) is 5.44. The van der Waals surface area contributed by atoms with E-state index in [1.54, 1.807) is 0 Å². The smallest absolute Gasteiger partial charge is 0.249 e. The standard InChI is InChI=1S/C12H16N2O3/c15-10-2-1-9(12(17)14-10)13-11(16)8-4-6-3-7(6)5-8/h6-9H,1-5H2,(H,13,16)(H,14,15,17). The maximum Gasteiger partial charge on any atom is 0.249 e. The fraction of sp³-hybridized carbons (Fsp3) is 0.750. The average Bonchev–Trinajstić information content (AvgIpc) is 2.89. The van der Waals surface area contributed by atoms with Crippen LogP contribution in [0.3, 0.4) is 0 Å². The molecule has 0 bridgehead atoms. The first-order valence-electron chi connectivity index (χ1n) is 6.27. The number of piperidine rings is 1. The summed E-state index contributed by atoms with van der Waals surface area (Å²) < 4.78 is 0. The van der Waals surface area contributed by atoms with Crippen molar-refractivity contribution in [2.24, 2.45) is 17.8 Å². The van der Waals surface area contributed by atoms with Crippen LogP contribution < -0.4 is 10.6 Å². The van der Waals surface area contributed by atoms with E-state index in [-0.39, 0.29) is 23.6 Å². The highest BCUT2D eigenvalue weighted by Crippen LogP contribution is 2.54. The fourth-order valence-corrected chi connectivity index (χ4v) is 3.05. The van der Waals surface area contributed by atoms with Gasteiger partial charge < -0.3 is 5.32 Å².